The quantitative estimate of drug-likeness (QED) is 0.738. The Kier molecular flexibility index (Phi) is 5.77. The van der Waals surface area contributed by atoms with Crippen LogP contribution in [0.25, 0.3) is 0 Å². The molecule has 0 saturated heterocycles. The molecule has 1 unspecified atom stereocenters. The van der Waals surface area contributed by atoms with Crippen molar-refractivity contribution >= 4 is 11.4 Å². The lowest BCUT2D eigenvalue weighted by Gasteiger charge is -2.31. The Labute approximate surface area is 129 Å². The fourth-order valence-corrected chi connectivity index (χ4v) is 3.28. The first-order valence-corrected chi connectivity index (χ1v) is 8.43. The molecule has 1 fully saturated rings. The van der Waals surface area contributed by atoms with Crippen LogP contribution in [0, 0.1) is 5.92 Å². The summed E-state index contributed by atoms with van der Waals surface area (Å²) in [6.45, 7) is 6.32. The van der Waals surface area contributed by atoms with Crippen LogP contribution in [0.5, 0.6) is 5.75 Å². The number of ether oxygens (including phenoxy) is 1. The lowest BCUT2D eigenvalue weighted by Crippen LogP contribution is -2.30. The van der Waals surface area contributed by atoms with Crippen molar-refractivity contribution < 1.29 is 4.74 Å². The Morgan fingerprint density at radius 3 is 2.57 bits per heavy atom. The molecule has 0 bridgehead atoms. The van der Waals surface area contributed by atoms with Crippen LogP contribution in [0.15, 0.2) is 18.2 Å². The molecular formula is C18H30N2O. The molecule has 0 radical (unpaired) electrons. The van der Waals surface area contributed by atoms with Crippen LogP contribution in [-0.4, -0.2) is 12.1 Å². The average molecular weight is 290 g/mol. The van der Waals surface area contributed by atoms with E-state index in [4.69, 9.17) is 10.5 Å². The lowest BCUT2D eigenvalue weighted by molar-refractivity contribution is 0.244. The molecule has 118 valence electrons. The Hall–Kier alpha value is -1.38. The van der Waals surface area contributed by atoms with Gasteiger partial charge in [0.2, 0.25) is 0 Å². The zero-order valence-corrected chi connectivity index (χ0v) is 13.7. The molecule has 3 nitrogen and oxygen atoms in total. The van der Waals surface area contributed by atoms with Crippen molar-refractivity contribution in [3.05, 3.63) is 18.2 Å². The van der Waals surface area contributed by atoms with Gasteiger partial charge in [-0.25, -0.2) is 0 Å². The van der Waals surface area contributed by atoms with E-state index in [1.807, 2.05) is 26.0 Å². The van der Waals surface area contributed by atoms with Crippen molar-refractivity contribution in [1.29, 1.82) is 0 Å². The summed E-state index contributed by atoms with van der Waals surface area (Å²) in [6, 6.07) is 6.60. The van der Waals surface area contributed by atoms with Crippen LogP contribution in [0.3, 0.4) is 0 Å². The van der Waals surface area contributed by atoms with E-state index in [0.717, 1.165) is 23.8 Å². The van der Waals surface area contributed by atoms with Crippen molar-refractivity contribution in [3.63, 3.8) is 0 Å². The number of nitrogens with one attached hydrogen (secondary N) is 1. The van der Waals surface area contributed by atoms with Gasteiger partial charge in [0.15, 0.2) is 0 Å². The number of nitrogen functional groups attached to an aromatic ring is 1. The predicted octanol–water partition coefficient (Wildman–Crippen LogP) is 4.83. The van der Waals surface area contributed by atoms with Gasteiger partial charge in [0.25, 0.3) is 0 Å². The summed E-state index contributed by atoms with van der Waals surface area (Å²) >= 11 is 0. The normalized spacial score (nSPS) is 17.7. The monoisotopic (exact) mass is 290 g/mol. The minimum Gasteiger partial charge on any atom is -0.489 e. The molecule has 0 amide bonds. The number of anilines is 2. The molecule has 0 heterocycles. The first-order chi connectivity index (χ1) is 10.1. The molecule has 0 aromatic heterocycles. The van der Waals surface area contributed by atoms with Crippen molar-refractivity contribution in [2.24, 2.45) is 5.92 Å². The zero-order valence-electron chi connectivity index (χ0n) is 13.7. The number of hydrogen-bond donors (Lipinski definition) is 2. The Morgan fingerprint density at radius 2 is 1.95 bits per heavy atom. The summed E-state index contributed by atoms with van der Waals surface area (Å²) in [5.41, 5.74) is 7.82. The SMILES string of the molecule is CCC(Nc1ccc(N)c(OC(C)C)c1)C1CCCCC1. The maximum absolute atomic E-state index is 5.99. The standard InChI is InChI=1S/C18H30N2O/c1-4-17(14-8-6-5-7-9-14)20-15-10-11-16(19)18(12-15)21-13(2)3/h10-14,17,20H,4-9,19H2,1-3H3. The molecule has 3 heteroatoms. The number of benzene rings is 1. The van der Waals surface area contributed by atoms with E-state index < -0.39 is 0 Å². The van der Waals surface area contributed by atoms with E-state index in [0.29, 0.717) is 11.7 Å². The highest BCUT2D eigenvalue weighted by Gasteiger charge is 2.22. The van der Waals surface area contributed by atoms with E-state index >= 15 is 0 Å². The van der Waals surface area contributed by atoms with Crippen LogP contribution in [0.2, 0.25) is 0 Å². The van der Waals surface area contributed by atoms with Gasteiger partial charge in [0.05, 0.1) is 11.8 Å². The van der Waals surface area contributed by atoms with Gasteiger partial charge in [-0.1, -0.05) is 26.2 Å². The Morgan fingerprint density at radius 1 is 1.24 bits per heavy atom. The van der Waals surface area contributed by atoms with Gasteiger partial charge in [0.1, 0.15) is 5.75 Å². The minimum atomic E-state index is 0.142. The maximum atomic E-state index is 5.99. The first kappa shape index (κ1) is 16.0. The van der Waals surface area contributed by atoms with E-state index in [-0.39, 0.29) is 6.10 Å². The molecule has 1 aromatic carbocycles. The van der Waals surface area contributed by atoms with E-state index in [1.54, 1.807) is 0 Å². The van der Waals surface area contributed by atoms with Gasteiger partial charge >= 0.3 is 0 Å². The molecule has 0 aliphatic heterocycles. The fraction of sp³-hybridized carbons (Fsp3) is 0.667. The summed E-state index contributed by atoms with van der Waals surface area (Å²) < 4.78 is 5.78. The minimum absolute atomic E-state index is 0.142. The molecule has 1 aliphatic rings. The fourth-order valence-electron chi connectivity index (χ4n) is 3.28. The predicted molar refractivity (Wildman–Crippen MR) is 90.9 cm³/mol. The van der Waals surface area contributed by atoms with Gasteiger partial charge in [-0.2, -0.15) is 0 Å². The second-order valence-electron chi connectivity index (χ2n) is 6.48. The molecule has 2 rings (SSSR count). The lowest BCUT2D eigenvalue weighted by atomic mass is 9.83. The van der Waals surface area contributed by atoms with Crippen LogP contribution in [0.1, 0.15) is 59.3 Å². The topological polar surface area (TPSA) is 47.3 Å². The molecule has 1 aliphatic carbocycles. The highest BCUT2D eigenvalue weighted by Crippen LogP contribution is 2.32. The smallest absolute Gasteiger partial charge is 0.144 e. The third-order valence-electron chi connectivity index (χ3n) is 4.39. The molecule has 1 atom stereocenters. The summed E-state index contributed by atoms with van der Waals surface area (Å²) in [5, 5.41) is 3.70. The van der Waals surface area contributed by atoms with E-state index in [1.165, 1.54) is 32.1 Å². The molecule has 3 N–H and O–H groups in total. The third kappa shape index (κ3) is 4.55. The number of nitrogens with two attached hydrogens (primary N) is 1. The van der Waals surface area contributed by atoms with Crippen LogP contribution < -0.4 is 15.8 Å². The summed E-state index contributed by atoms with van der Waals surface area (Å²) in [5.74, 6) is 1.59. The summed E-state index contributed by atoms with van der Waals surface area (Å²) in [6.07, 6.45) is 8.18. The highest BCUT2D eigenvalue weighted by atomic mass is 16.5. The second-order valence-corrected chi connectivity index (χ2v) is 6.48. The first-order valence-electron chi connectivity index (χ1n) is 8.43. The van der Waals surface area contributed by atoms with E-state index in [2.05, 4.69) is 18.3 Å². The number of rotatable bonds is 6. The molecule has 0 spiro atoms. The van der Waals surface area contributed by atoms with Crippen molar-refractivity contribution in [3.8, 4) is 5.75 Å². The molecule has 1 saturated carbocycles. The Balaban J connectivity index is 2.06. The van der Waals surface area contributed by atoms with Gasteiger partial charge < -0.3 is 15.8 Å². The largest absolute Gasteiger partial charge is 0.489 e. The van der Waals surface area contributed by atoms with Crippen LogP contribution in [0.4, 0.5) is 11.4 Å². The highest BCUT2D eigenvalue weighted by molar-refractivity contribution is 5.61. The molecular weight excluding hydrogens is 260 g/mol. The van der Waals surface area contributed by atoms with Gasteiger partial charge in [-0.15, -0.1) is 0 Å². The average Bonchev–Trinajstić information content (AvgIpc) is 2.48. The number of hydrogen-bond acceptors (Lipinski definition) is 3. The van der Waals surface area contributed by atoms with Crippen molar-refractivity contribution in [1.82, 2.24) is 0 Å². The van der Waals surface area contributed by atoms with Gasteiger partial charge in [0, 0.05) is 17.8 Å². The third-order valence-corrected chi connectivity index (χ3v) is 4.39. The van der Waals surface area contributed by atoms with Crippen molar-refractivity contribution in [2.45, 2.75) is 71.4 Å². The Bertz CT molecular complexity index is 439. The zero-order chi connectivity index (χ0) is 15.2. The van der Waals surface area contributed by atoms with Crippen LogP contribution >= 0.6 is 0 Å². The second kappa shape index (κ2) is 7.58. The van der Waals surface area contributed by atoms with E-state index in [9.17, 15) is 0 Å². The van der Waals surface area contributed by atoms with Crippen LogP contribution in [-0.2, 0) is 0 Å². The van der Waals surface area contributed by atoms with Crippen molar-refractivity contribution in [2.75, 3.05) is 11.1 Å². The maximum Gasteiger partial charge on any atom is 0.144 e. The van der Waals surface area contributed by atoms with Gasteiger partial charge in [-0.3, -0.25) is 0 Å². The summed E-state index contributed by atoms with van der Waals surface area (Å²) in [7, 11) is 0. The van der Waals surface area contributed by atoms with Gasteiger partial charge in [-0.05, 0) is 51.2 Å². The molecule has 21 heavy (non-hydrogen) atoms. The summed E-state index contributed by atoms with van der Waals surface area (Å²) in [4.78, 5) is 0. The molecule has 1 aromatic rings.